The van der Waals surface area contributed by atoms with Gasteiger partial charge in [-0.1, -0.05) is 13.0 Å². The van der Waals surface area contributed by atoms with Crippen LogP contribution in [0, 0.1) is 12.8 Å². The van der Waals surface area contributed by atoms with Crippen molar-refractivity contribution in [2.45, 2.75) is 44.0 Å². The van der Waals surface area contributed by atoms with Crippen molar-refractivity contribution in [2.75, 3.05) is 0 Å². The van der Waals surface area contributed by atoms with Gasteiger partial charge in [-0.15, -0.1) is 0 Å². The smallest absolute Gasteiger partial charge is 0.241 e. The van der Waals surface area contributed by atoms with E-state index in [0.29, 0.717) is 16.2 Å². The van der Waals surface area contributed by atoms with Crippen molar-refractivity contribution in [3.8, 4) is 0 Å². The molecule has 0 aliphatic heterocycles. The van der Waals surface area contributed by atoms with Gasteiger partial charge in [-0.05, 0) is 55.9 Å². The minimum Gasteiger partial charge on any atom is -0.256 e. The van der Waals surface area contributed by atoms with Gasteiger partial charge in [0, 0.05) is 17.6 Å². The quantitative estimate of drug-likeness (QED) is 0.948. The fourth-order valence-corrected chi connectivity index (χ4v) is 4.60. The third kappa shape index (κ3) is 2.80. The summed E-state index contributed by atoms with van der Waals surface area (Å²) >= 11 is 0. The van der Waals surface area contributed by atoms with Crippen molar-refractivity contribution in [3.63, 3.8) is 0 Å². The van der Waals surface area contributed by atoms with E-state index in [1.54, 1.807) is 18.3 Å². The van der Waals surface area contributed by atoms with E-state index in [1.165, 1.54) is 0 Å². The van der Waals surface area contributed by atoms with Crippen molar-refractivity contribution in [2.24, 2.45) is 5.92 Å². The van der Waals surface area contributed by atoms with Crippen LogP contribution in [0.2, 0.25) is 0 Å². The van der Waals surface area contributed by atoms with Crippen LogP contribution in [-0.2, 0) is 10.0 Å². The largest absolute Gasteiger partial charge is 0.256 e. The molecule has 0 bridgehead atoms. The lowest BCUT2D eigenvalue weighted by Crippen LogP contribution is -2.33. The summed E-state index contributed by atoms with van der Waals surface area (Å²) in [5.41, 5.74) is 1.74. The van der Waals surface area contributed by atoms with Crippen LogP contribution in [-0.4, -0.2) is 19.4 Å². The highest BCUT2D eigenvalue weighted by Gasteiger charge is 2.27. The maximum absolute atomic E-state index is 12.7. The van der Waals surface area contributed by atoms with Crippen LogP contribution in [0.25, 0.3) is 10.9 Å². The van der Waals surface area contributed by atoms with Gasteiger partial charge in [0.15, 0.2) is 0 Å². The molecule has 1 fully saturated rings. The summed E-state index contributed by atoms with van der Waals surface area (Å²) in [7, 11) is -3.50. The molecule has 2 aromatic rings. The van der Waals surface area contributed by atoms with Crippen molar-refractivity contribution in [3.05, 3.63) is 36.0 Å². The highest BCUT2D eigenvalue weighted by molar-refractivity contribution is 7.89. The van der Waals surface area contributed by atoms with Crippen LogP contribution in [0.3, 0.4) is 0 Å². The first kappa shape index (κ1) is 14.5. The first-order valence-electron chi connectivity index (χ1n) is 7.34. The molecule has 112 valence electrons. The van der Waals surface area contributed by atoms with Gasteiger partial charge in [-0.3, -0.25) is 4.98 Å². The van der Waals surface area contributed by atoms with Gasteiger partial charge < -0.3 is 0 Å². The molecule has 3 rings (SSSR count). The molecule has 0 spiro atoms. The molecule has 1 N–H and O–H groups in total. The number of aromatic nitrogens is 1. The molecule has 1 heterocycles. The third-order valence-corrected chi connectivity index (χ3v) is 5.82. The summed E-state index contributed by atoms with van der Waals surface area (Å²) in [5.74, 6) is 0.592. The lowest BCUT2D eigenvalue weighted by Gasteiger charge is -2.15. The summed E-state index contributed by atoms with van der Waals surface area (Å²) in [6.07, 6.45) is 4.62. The zero-order chi connectivity index (χ0) is 15.0. The fourth-order valence-electron chi connectivity index (χ4n) is 3.12. The molecule has 1 saturated carbocycles. The molecule has 1 aliphatic rings. The summed E-state index contributed by atoms with van der Waals surface area (Å²) < 4.78 is 28.2. The lowest BCUT2D eigenvalue weighted by molar-refractivity contribution is 0.539. The van der Waals surface area contributed by atoms with E-state index in [-0.39, 0.29) is 6.04 Å². The van der Waals surface area contributed by atoms with E-state index >= 15 is 0 Å². The first-order chi connectivity index (χ1) is 9.97. The van der Waals surface area contributed by atoms with E-state index in [1.807, 2.05) is 19.1 Å². The van der Waals surface area contributed by atoms with Crippen LogP contribution in [0.1, 0.15) is 31.7 Å². The van der Waals surface area contributed by atoms with E-state index < -0.39 is 10.0 Å². The Hall–Kier alpha value is -1.46. The minimum atomic E-state index is -3.50. The van der Waals surface area contributed by atoms with Crippen LogP contribution in [0.4, 0.5) is 0 Å². The molecular formula is C16H20N2O2S. The number of hydrogen-bond acceptors (Lipinski definition) is 3. The average molecular weight is 304 g/mol. The van der Waals surface area contributed by atoms with Crippen LogP contribution in [0.5, 0.6) is 0 Å². The summed E-state index contributed by atoms with van der Waals surface area (Å²) in [6, 6.07) is 7.15. The van der Waals surface area contributed by atoms with Gasteiger partial charge in [0.05, 0.1) is 10.4 Å². The van der Waals surface area contributed by atoms with Crippen molar-refractivity contribution >= 4 is 20.9 Å². The molecule has 21 heavy (non-hydrogen) atoms. The maximum atomic E-state index is 12.7. The predicted molar refractivity (Wildman–Crippen MR) is 83.6 cm³/mol. The Balaban J connectivity index is 2.01. The Bertz CT molecular complexity index is 771. The normalized spacial score (nSPS) is 22.8. The van der Waals surface area contributed by atoms with Crippen LogP contribution < -0.4 is 4.72 Å². The van der Waals surface area contributed by atoms with Gasteiger partial charge in [0.2, 0.25) is 10.0 Å². The van der Waals surface area contributed by atoms with Crippen LogP contribution >= 0.6 is 0 Å². The Morgan fingerprint density at radius 2 is 2.05 bits per heavy atom. The summed E-state index contributed by atoms with van der Waals surface area (Å²) in [6.45, 7) is 4.11. The lowest BCUT2D eigenvalue weighted by atomic mass is 10.1. The van der Waals surface area contributed by atoms with E-state index in [0.717, 1.165) is 30.3 Å². The monoisotopic (exact) mass is 304 g/mol. The van der Waals surface area contributed by atoms with Gasteiger partial charge in [-0.2, -0.15) is 0 Å². The molecule has 0 amide bonds. The zero-order valence-corrected chi connectivity index (χ0v) is 13.2. The topological polar surface area (TPSA) is 59.1 Å². The van der Waals surface area contributed by atoms with Crippen molar-refractivity contribution in [1.29, 1.82) is 0 Å². The second-order valence-electron chi connectivity index (χ2n) is 6.02. The molecule has 4 nitrogen and oxygen atoms in total. The molecule has 1 aliphatic carbocycles. The second-order valence-corrected chi connectivity index (χ2v) is 7.70. The predicted octanol–water partition coefficient (Wildman–Crippen LogP) is 3.01. The van der Waals surface area contributed by atoms with Crippen molar-refractivity contribution in [1.82, 2.24) is 9.71 Å². The number of nitrogens with zero attached hydrogens (tertiary/aromatic N) is 1. The number of rotatable bonds is 3. The van der Waals surface area contributed by atoms with Gasteiger partial charge in [-0.25, -0.2) is 13.1 Å². The number of fused-ring (bicyclic) bond motifs is 1. The zero-order valence-electron chi connectivity index (χ0n) is 12.3. The average Bonchev–Trinajstić information content (AvgIpc) is 2.83. The Labute approximate surface area is 125 Å². The summed E-state index contributed by atoms with van der Waals surface area (Å²) in [5, 5.41) is 0.691. The SMILES string of the molecule is Cc1ccc(S(=O)(=O)NC2CCC(C)C2)c2cccnc12. The molecule has 0 radical (unpaired) electrons. The molecule has 1 aromatic heterocycles. The maximum Gasteiger partial charge on any atom is 0.241 e. The standard InChI is InChI=1S/C16H20N2O2S/c1-11-5-7-13(10-11)18-21(19,20)15-8-6-12(2)16-14(15)4-3-9-17-16/h3-4,6,8-9,11,13,18H,5,7,10H2,1-2H3. The highest BCUT2D eigenvalue weighted by Crippen LogP contribution is 2.28. The number of nitrogens with one attached hydrogen (secondary N) is 1. The van der Waals surface area contributed by atoms with Gasteiger partial charge in [0.1, 0.15) is 0 Å². The fraction of sp³-hybridized carbons (Fsp3) is 0.438. The molecule has 2 atom stereocenters. The Morgan fingerprint density at radius 1 is 1.24 bits per heavy atom. The van der Waals surface area contributed by atoms with E-state index in [9.17, 15) is 8.42 Å². The Kier molecular flexibility index (Phi) is 3.71. The molecule has 5 heteroatoms. The highest BCUT2D eigenvalue weighted by atomic mass is 32.2. The van der Waals surface area contributed by atoms with E-state index in [4.69, 9.17) is 0 Å². The molecule has 0 saturated heterocycles. The van der Waals surface area contributed by atoms with Crippen LogP contribution in [0.15, 0.2) is 35.4 Å². The molecule has 2 unspecified atom stereocenters. The summed E-state index contributed by atoms with van der Waals surface area (Å²) in [4.78, 5) is 4.64. The van der Waals surface area contributed by atoms with Crippen molar-refractivity contribution < 1.29 is 8.42 Å². The Morgan fingerprint density at radius 3 is 2.76 bits per heavy atom. The first-order valence-corrected chi connectivity index (χ1v) is 8.82. The number of benzene rings is 1. The number of hydrogen-bond donors (Lipinski definition) is 1. The number of pyridine rings is 1. The molecular weight excluding hydrogens is 284 g/mol. The number of aryl methyl sites for hydroxylation is 1. The van der Waals surface area contributed by atoms with E-state index in [2.05, 4.69) is 16.6 Å². The third-order valence-electron chi connectivity index (χ3n) is 4.24. The number of sulfonamides is 1. The second kappa shape index (κ2) is 5.39. The molecule has 1 aromatic carbocycles. The van der Waals surface area contributed by atoms with Gasteiger partial charge in [0.25, 0.3) is 0 Å². The minimum absolute atomic E-state index is 0.0537. The van der Waals surface area contributed by atoms with Gasteiger partial charge >= 0.3 is 0 Å².